The number of aryl methyl sites for hydroxylation is 1. The minimum atomic E-state index is -0.135. The van der Waals surface area contributed by atoms with E-state index < -0.39 is 0 Å². The summed E-state index contributed by atoms with van der Waals surface area (Å²) in [4.78, 5) is 21.4. The maximum absolute atomic E-state index is 12.4. The Kier molecular flexibility index (Phi) is 5.89. The highest BCUT2D eigenvalue weighted by Gasteiger charge is 2.15. The van der Waals surface area contributed by atoms with Crippen molar-refractivity contribution in [2.24, 2.45) is 13.0 Å². The smallest absolute Gasteiger partial charge is 0.250 e. The first-order valence-electron chi connectivity index (χ1n) is 10.1. The maximum atomic E-state index is 12.4. The molecule has 0 N–H and O–H groups in total. The number of pyridine rings is 1. The lowest BCUT2D eigenvalue weighted by molar-refractivity contribution is 0.620. The van der Waals surface area contributed by atoms with Gasteiger partial charge in [0.2, 0.25) is 0 Å². The summed E-state index contributed by atoms with van der Waals surface area (Å²) < 4.78 is 3.13. The molecule has 0 aliphatic heterocycles. The third kappa shape index (κ3) is 4.18. The molecule has 0 fully saturated rings. The van der Waals surface area contributed by atoms with Gasteiger partial charge in [0.05, 0.1) is 22.5 Å². The van der Waals surface area contributed by atoms with Crippen LogP contribution in [0, 0.1) is 17.2 Å². The maximum Gasteiger partial charge on any atom is 0.250 e. The van der Waals surface area contributed by atoms with E-state index >= 15 is 0 Å². The van der Waals surface area contributed by atoms with E-state index in [1.54, 1.807) is 60.8 Å². The van der Waals surface area contributed by atoms with Gasteiger partial charge in [-0.2, -0.15) is 10.4 Å². The fourth-order valence-electron chi connectivity index (χ4n) is 3.47. The van der Waals surface area contributed by atoms with Crippen molar-refractivity contribution in [3.63, 3.8) is 0 Å². The topological polar surface area (TPSA) is 89.4 Å². The van der Waals surface area contributed by atoms with E-state index in [4.69, 9.17) is 11.6 Å². The molecule has 8 heteroatoms. The van der Waals surface area contributed by atoms with Crippen molar-refractivity contribution in [1.82, 2.24) is 24.3 Å². The molecule has 160 valence electrons. The van der Waals surface area contributed by atoms with Crippen molar-refractivity contribution in [2.45, 2.75) is 20.3 Å². The monoisotopic (exact) mass is 444 g/mol. The normalized spacial score (nSPS) is 11.0. The summed E-state index contributed by atoms with van der Waals surface area (Å²) >= 11 is 6.18. The van der Waals surface area contributed by atoms with Crippen LogP contribution in [0.2, 0.25) is 5.02 Å². The molecular formula is C24H21ClN6O. The lowest BCUT2D eigenvalue weighted by Crippen LogP contribution is -2.15. The summed E-state index contributed by atoms with van der Waals surface area (Å²) in [5.74, 6) is 1.23. The van der Waals surface area contributed by atoms with Crippen LogP contribution < -0.4 is 5.56 Å². The van der Waals surface area contributed by atoms with Gasteiger partial charge < -0.3 is 4.57 Å². The van der Waals surface area contributed by atoms with Crippen LogP contribution in [0.25, 0.3) is 27.9 Å². The summed E-state index contributed by atoms with van der Waals surface area (Å²) in [6.45, 7) is 4.23. The minimum Gasteiger partial charge on any atom is -0.318 e. The molecule has 3 aromatic heterocycles. The molecule has 4 rings (SSSR count). The molecule has 7 nitrogen and oxygen atoms in total. The van der Waals surface area contributed by atoms with Crippen molar-refractivity contribution in [3.05, 3.63) is 82.0 Å². The average Bonchev–Trinajstić information content (AvgIpc) is 3.25. The van der Waals surface area contributed by atoms with Crippen LogP contribution in [-0.4, -0.2) is 24.3 Å². The van der Waals surface area contributed by atoms with Crippen LogP contribution >= 0.6 is 11.6 Å². The van der Waals surface area contributed by atoms with Crippen molar-refractivity contribution >= 4 is 11.6 Å². The third-order valence-electron chi connectivity index (χ3n) is 5.08. The molecule has 0 saturated carbocycles. The standard InChI is InChI=1S/C24H21ClN6O/c1-15(2)7-23-27-10-16(11-28-23)18-8-24(32)30(3)14-20(18)17-12-29-31(13-17)22-6-4-5-21(25)19(22)9-26/h4-6,8,10-15H,7H2,1-3H3. The minimum absolute atomic E-state index is 0.135. The van der Waals surface area contributed by atoms with Crippen LogP contribution in [0.5, 0.6) is 0 Å². The second kappa shape index (κ2) is 8.77. The molecule has 0 saturated heterocycles. The number of aromatic nitrogens is 5. The van der Waals surface area contributed by atoms with E-state index in [9.17, 15) is 10.1 Å². The SMILES string of the molecule is CC(C)Cc1ncc(-c2cc(=O)n(C)cc2-c2cnn(-c3cccc(Cl)c3C#N)c2)cn1. The third-order valence-corrected chi connectivity index (χ3v) is 5.39. The Hall–Kier alpha value is -3.76. The van der Waals surface area contributed by atoms with Crippen LogP contribution in [0.15, 0.2) is 60.0 Å². The van der Waals surface area contributed by atoms with Crippen LogP contribution in [-0.2, 0) is 13.5 Å². The fourth-order valence-corrected chi connectivity index (χ4v) is 3.68. The molecule has 0 radical (unpaired) electrons. The van der Waals surface area contributed by atoms with Gasteiger partial charge in [0.25, 0.3) is 5.56 Å². The Morgan fingerprint density at radius 3 is 2.53 bits per heavy atom. The first kappa shape index (κ1) is 21.5. The highest BCUT2D eigenvalue weighted by Crippen LogP contribution is 2.31. The van der Waals surface area contributed by atoms with E-state index in [1.807, 2.05) is 6.20 Å². The Morgan fingerprint density at radius 1 is 1.09 bits per heavy atom. The highest BCUT2D eigenvalue weighted by atomic mass is 35.5. The van der Waals surface area contributed by atoms with Gasteiger partial charge in [0.15, 0.2) is 0 Å². The van der Waals surface area contributed by atoms with Gasteiger partial charge in [-0.15, -0.1) is 0 Å². The second-order valence-corrected chi connectivity index (χ2v) is 8.36. The van der Waals surface area contributed by atoms with E-state index in [2.05, 4.69) is 35.0 Å². The highest BCUT2D eigenvalue weighted by molar-refractivity contribution is 6.32. The van der Waals surface area contributed by atoms with E-state index in [0.29, 0.717) is 22.2 Å². The lowest BCUT2D eigenvalue weighted by atomic mass is 10.00. The predicted octanol–water partition coefficient (Wildman–Crippen LogP) is 4.42. The van der Waals surface area contributed by atoms with Crippen LogP contribution in [0.4, 0.5) is 0 Å². The molecule has 0 bridgehead atoms. The Morgan fingerprint density at radius 2 is 1.84 bits per heavy atom. The number of nitriles is 1. The van der Waals surface area contributed by atoms with Gasteiger partial charge in [-0.05, 0) is 23.6 Å². The number of nitrogens with zero attached hydrogens (tertiary/aromatic N) is 6. The number of rotatable bonds is 5. The van der Waals surface area contributed by atoms with Crippen molar-refractivity contribution in [3.8, 4) is 34.0 Å². The molecule has 3 heterocycles. The first-order valence-corrected chi connectivity index (χ1v) is 10.5. The first-order chi connectivity index (χ1) is 15.4. The van der Waals surface area contributed by atoms with Gasteiger partial charge >= 0.3 is 0 Å². The summed E-state index contributed by atoms with van der Waals surface area (Å²) in [6.07, 6.45) is 9.56. The molecule has 1 aromatic carbocycles. The molecule has 0 amide bonds. The van der Waals surface area contributed by atoms with Crippen molar-refractivity contribution in [2.75, 3.05) is 0 Å². The van der Waals surface area contributed by atoms with Gasteiger partial charge in [0, 0.05) is 61.0 Å². The summed E-state index contributed by atoms with van der Waals surface area (Å²) in [5.41, 5.74) is 3.85. The van der Waals surface area contributed by atoms with Crippen LogP contribution in [0.3, 0.4) is 0 Å². The number of benzene rings is 1. The zero-order valence-corrected chi connectivity index (χ0v) is 18.7. The molecule has 0 atom stereocenters. The Labute approximate surface area is 190 Å². The fraction of sp³-hybridized carbons (Fsp3) is 0.208. The van der Waals surface area contributed by atoms with Gasteiger partial charge in [-0.1, -0.05) is 31.5 Å². The summed E-state index contributed by atoms with van der Waals surface area (Å²) in [5, 5.41) is 14.3. The zero-order chi connectivity index (χ0) is 22.8. The van der Waals surface area contributed by atoms with Crippen LogP contribution in [0.1, 0.15) is 25.2 Å². The largest absolute Gasteiger partial charge is 0.318 e. The number of hydrogen-bond donors (Lipinski definition) is 0. The summed E-state index contributed by atoms with van der Waals surface area (Å²) in [7, 11) is 1.70. The molecule has 0 aliphatic rings. The van der Waals surface area contributed by atoms with Gasteiger partial charge in [0.1, 0.15) is 11.9 Å². The molecule has 32 heavy (non-hydrogen) atoms. The van der Waals surface area contributed by atoms with Crippen molar-refractivity contribution < 1.29 is 0 Å². The average molecular weight is 445 g/mol. The predicted molar refractivity (Wildman–Crippen MR) is 124 cm³/mol. The summed E-state index contributed by atoms with van der Waals surface area (Å²) in [6, 6.07) is 8.93. The number of hydrogen-bond acceptors (Lipinski definition) is 5. The Balaban J connectivity index is 1.81. The van der Waals surface area contributed by atoms with E-state index in [1.165, 1.54) is 4.57 Å². The molecule has 4 aromatic rings. The molecule has 0 unspecified atom stereocenters. The lowest BCUT2D eigenvalue weighted by Gasteiger charge is -2.11. The number of halogens is 1. The van der Waals surface area contributed by atoms with E-state index in [-0.39, 0.29) is 5.56 Å². The quantitative estimate of drug-likeness (QED) is 0.454. The zero-order valence-electron chi connectivity index (χ0n) is 18.0. The second-order valence-electron chi connectivity index (χ2n) is 7.96. The van der Waals surface area contributed by atoms with Gasteiger partial charge in [-0.3, -0.25) is 4.79 Å². The van der Waals surface area contributed by atoms with E-state index in [0.717, 1.165) is 34.5 Å². The molecular weight excluding hydrogens is 424 g/mol. The van der Waals surface area contributed by atoms with Gasteiger partial charge in [-0.25, -0.2) is 14.6 Å². The van der Waals surface area contributed by atoms with Crippen molar-refractivity contribution in [1.29, 1.82) is 5.26 Å². The molecule has 0 aliphatic carbocycles. The molecule has 0 spiro atoms. The Bertz CT molecular complexity index is 1380.